The van der Waals surface area contributed by atoms with Gasteiger partial charge in [-0.05, 0) is 125 Å². The molecule has 0 spiro atoms. The number of phenols is 1. The molecule has 57 nitrogen and oxygen atoms in total. The van der Waals surface area contributed by atoms with Gasteiger partial charge in [0.2, 0.25) is 124 Å². The lowest BCUT2D eigenvalue weighted by Crippen LogP contribution is -2.60. The zero-order chi connectivity index (χ0) is 112. The van der Waals surface area contributed by atoms with Crippen LogP contribution in [-0.2, 0) is 134 Å². The Morgan fingerprint density at radius 3 is 1.07 bits per heavy atom. The number of carboxylic acids is 3. The number of nitrogens with two attached hydrogens (primary N) is 5. The van der Waals surface area contributed by atoms with Crippen molar-refractivity contribution < 1.29 is 141 Å². The van der Waals surface area contributed by atoms with Crippen molar-refractivity contribution in [2.24, 2.45) is 34.6 Å². The predicted molar refractivity (Wildman–Crippen MR) is 531 cm³/mol. The summed E-state index contributed by atoms with van der Waals surface area (Å²) < 4.78 is 0. The topological polar surface area (TPSA) is 941 Å². The number of nitrogens with one attached hydrogen (secondary N) is 23. The number of amides is 21. The minimum Gasteiger partial charge on any atom is -0.508 e. The van der Waals surface area contributed by atoms with Crippen LogP contribution in [0.15, 0.2) is 84.9 Å². The van der Waals surface area contributed by atoms with Crippen molar-refractivity contribution in [1.29, 1.82) is 10.8 Å². The number of phenolic OH excluding ortho intramolecular Hbond substituents is 1. The monoisotopic (exact) mass is 2120 g/mol. The van der Waals surface area contributed by atoms with Crippen LogP contribution in [0.2, 0.25) is 0 Å². The molecule has 0 aliphatic rings. The molecule has 3 aromatic rings. The van der Waals surface area contributed by atoms with Crippen LogP contribution in [0.3, 0.4) is 0 Å². The standard InChI is InChI=1S/C91H136N28O29S/c1-46(2)35-60(86(144)113-58(26-29-67(94)123)82(140)117-63(37-51-17-11-8-12-18-51)87(145)118-62(36-50-15-9-7-10-16-50)84(142)106-48(4)76(134)115-64(39-74(131)132)85(143)108-49(5)89(147)148)110-72(128)44-102-68(124)40-101-69(125)42-105-79(137)61(38-52-21-23-53(121)24-22-52)116-80(138)56(20-14-33-100-91(97)98)111-75(133)47(3)107-88(146)65(45-120)119-83(141)59(31-34-149-6)114-81(139)57(27-30-73(129)130)109-71(127)43-103-70(126)41-104-78(136)55(19-13-32-99-90(95)96)112-77(135)54(92)25-28-66(93)122/h7-12,15-18,21-24,46-49,54-65,120-121H,13-14,19-20,25-45,92H2,1-6H3,(H2,93,122)(H2,94,123)(H,101,125)(H,102,124)(H,103,126)(H,104,136)(H,105,137)(H,106,142)(H,107,146)(H,108,143)(H,109,127)(H,110,128)(H,111,133)(H,112,135)(H,113,144)(H,114,139)(H,115,134)(H,116,138)(H,117,140)(H,118,145)(H,119,141)(H,129,130)(H,131,132)(H,147,148)(H4,95,96,99)(H4,97,98,100)/t47-,48-,49-,54-,55-,56-,57-,58-,59-,60-,61-,62-,63-,64-,65-/m0/s1. The summed E-state index contributed by atoms with van der Waals surface area (Å²) in [5.74, 6) is -27.2. The van der Waals surface area contributed by atoms with Crippen molar-refractivity contribution in [1.82, 2.24) is 112 Å². The summed E-state index contributed by atoms with van der Waals surface area (Å²) in [5.41, 5.74) is 28.6. The molecular weight excluding hydrogens is 1980 g/mol. The lowest BCUT2D eigenvalue weighted by molar-refractivity contribution is -0.143. The minimum atomic E-state index is -1.89. The normalized spacial score (nSPS) is 13.8. The number of hydrogen-bond donors (Lipinski definition) is 33. The van der Waals surface area contributed by atoms with Crippen LogP contribution >= 0.6 is 11.8 Å². The Morgan fingerprint density at radius 1 is 0.322 bits per heavy atom. The van der Waals surface area contributed by atoms with E-state index in [1.165, 1.54) is 43.0 Å². The van der Waals surface area contributed by atoms with E-state index in [2.05, 4.69) is 112 Å². The smallest absolute Gasteiger partial charge is 0.325 e. The van der Waals surface area contributed by atoms with Crippen LogP contribution in [-0.4, -0.2) is 334 Å². The van der Waals surface area contributed by atoms with E-state index >= 15 is 0 Å². The maximum atomic E-state index is 14.7. The third-order valence-corrected chi connectivity index (χ3v) is 22.2. The molecule has 58 heteroatoms. The van der Waals surface area contributed by atoms with Gasteiger partial charge in [0.15, 0.2) is 11.9 Å². The number of carbonyl (C=O) groups excluding carboxylic acids is 21. The molecule has 0 aliphatic carbocycles. The molecule has 38 N–H and O–H groups in total. The first-order valence-corrected chi connectivity index (χ1v) is 48.4. The number of hydrogen-bond acceptors (Lipinski definition) is 30. The van der Waals surface area contributed by atoms with Crippen molar-refractivity contribution >= 4 is 166 Å². The van der Waals surface area contributed by atoms with Crippen molar-refractivity contribution in [2.75, 3.05) is 64.4 Å². The molecule has 0 unspecified atom stereocenters. The Kier molecular flexibility index (Phi) is 57.2. The van der Waals surface area contributed by atoms with E-state index in [0.29, 0.717) is 16.7 Å². The molecule has 0 saturated carbocycles. The van der Waals surface area contributed by atoms with Gasteiger partial charge >= 0.3 is 17.9 Å². The number of aliphatic hydroxyl groups excluding tert-OH is 1. The molecule has 15 atom stereocenters. The highest BCUT2D eigenvalue weighted by Gasteiger charge is 2.39. The Morgan fingerprint density at radius 2 is 0.644 bits per heavy atom. The SMILES string of the molecule is CSCC[C@H](NC(=O)[C@H](CCC(=O)O)NC(=O)CNC(=O)CNC(=O)[C@H](CCCNC(=N)N)NC(=O)[C@@H](N)CCC(N)=O)C(=O)N[C@@H](CO)C(=O)N[C@@H](C)C(=O)N[C@@H](CCCNC(=N)N)C(=O)N[C@@H](Cc1ccc(O)cc1)C(=O)NCC(=O)NCC(=O)NCC(=O)N[C@@H](CC(C)C)C(=O)N[C@@H](CCC(N)=O)C(=O)N[C@@H](Cc1ccccc1)C(=O)N[C@@H](Cc1ccccc1)C(=O)N[C@@H](C)C(=O)N[C@@H](CC(=O)O)C(=O)N[C@@H](C)C(=O)O. The number of rotatable bonds is 70. The summed E-state index contributed by atoms with van der Waals surface area (Å²) in [6, 6.07) is -2.28. The average Bonchev–Trinajstić information content (AvgIpc) is 0.846. The Hall–Kier alpha value is -16.5. The molecule has 3 rings (SSSR count). The summed E-state index contributed by atoms with van der Waals surface area (Å²) in [5, 5.41) is 114. The van der Waals surface area contributed by atoms with Crippen molar-refractivity contribution in [3.8, 4) is 5.75 Å². The molecule has 3 aromatic carbocycles. The number of guanidine groups is 2. The number of aliphatic carboxylic acids is 3. The molecule has 149 heavy (non-hydrogen) atoms. The Bertz CT molecular complexity index is 5150. The Balaban J connectivity index is 1.76. The second-order valence-electron chi connectivity index (χ2n) is 34.5. The van der Waals surface area contributed by atoms with Crippen LogP contribution in [0.25, 0.3) is 0 Å². The average molecular weight is 2120 g/mol. The quantitative estimate of drug-likeness (QED) is 0.0142. The zero-order valence-electron chi connectivity index (χ0n) is 82.8. The summed E-state index contributed by atoms with van der Waals surface area (Å²) in [7, 11) is 0. The van der Waals surface area contributed by atoms with Gasteiger partial charge < -0.3 is 166 Å². The highest BCUT2D eigenvalue weighted by molar-refractivity contribution is 7.98. The van der Waals surface area contributed by atoms with Gasteiger partial charge in [0.1, 0.15) is 90.3 Å². The van der Waals surface area contributed by atoms with Gasteiger partial charge in [0.25, 0.3) is 0 Å². The van der Waals surface area contributed by atoms with Crippen molar-refractivity contribution in [2.45, 2.75) is 228 Å². The number of thioether (sulfide) groups is 1. The van der Waals surface area contributed by atoms with E-state index in [9.17, 15) is 141 Å². The molecule has 0 fully saturated rings. The first kappa shape index (κ1) is 127. The summed E-state index contributed by atoms with van der Waals surface area (Å²) >= 11 is 1.19. The summed E-state index contributed by atoms with van der Waals surface area (Å²) in [6.45, 7) is 1.40. The van der Waals surface area contributed by atoms with E-state index in [0.717, 1.165) is 13.8 Å². The van der Waals surface area contributed by atoms with Crippen LogP contribution in [0.1, 0.15) is 135 Å². The first-order chi connectivity index (χ1) is 70.3. The van der Waals surface area contributed by atoms with Crippen molar-refractivity contribution in [3.63, 3.8) is 0 Å². The van der Waals surface area contributed by atoms with Gasteiger partial charge in [-0.2, -0.15) is 11.8 Å². The molecule has 0 bridgehead atoms. The van der Waals surface area contributed by atoms with Crippen LogP contribution in [0.5, 0.6) is 5.75 Å². The predicted octanol–water partition coefficient (Wildman–Crippen LogP) is -11.6. The molecular formula is C91H136N28O29S. The third-order valence-electron chi connectivity index (χ3n) is 21.6. The van der Waals surface area contributed by atoms with Crippen LogP contribution < -0.4 is 140 Å². The number of aromatic hydroxyl groups is 1. The van der Waals surface area contributed by atoms with E-state index in [1.807, 2.05) is 0 Å². The summed E-state index contributed by atoms with van der Waals surface area (Å²) in [6.07, 6.45) is -3.52. The van der Waals surface area contributed by atoms with Gasteiger partial charge in [0, 0.05) is 51.6 Å². The Labute approximate surface area is 859 Å². The van der Waals surface area contributed by atoms with Gasteiger partial charge in [0.05, 0.1) is 51.8 Å². The minimum absolute atomic E-state index is 0.0202. The maximum absolute atomic E-state index is 14.7. The van der Waals surface area contributed by atoms with E-state index in [1.54, 1.807) is 80.8 Å². The molecule has 0 aromatic heterocycles. The van der Waals surface area contributed by atoms with E-state index in [-0.39, 0.29) is 107 Å². The number of carbonyl (C=O) groups is 24. The van der Waals surface area contributed by atoms with Gasteiger partial charge in [-0.1, -0.05) is 86.6 Å². The molecule has 0 heterocycles. The maximum Gasteiger partial charge on any atom is 0.325 e. The van der Waals surface area contributed by atoms with E-state index in [4.69, 9.17) is 39.5 Å². The fourth-order valence-corrected chi connectivity index (χ4v) is 14.0. The number of carboxylic acid groups (broad SMARTS) is 3. The van der Waals surface area contributed by atoms with Gasteiger partial charge in [-0.25, -0.2) is 0 Å². The van der Waals surface area contributed by atoms with E-state index < -0.39 is 310 Å². The molecule has 21 amide bonds. The number of primary amides is 2. The highest BCUT2D eigenvalue weighted by atomic mass is 32.2. The number of benzene rings is 3. The zero-order valence-corrected chi connectivity index (χ0v) is 83.6. The largest absolute Gasteiger partial charge is 0.508 e. The first-order valence-electron chi connectivity index (χ1n) is 47.0. The van der Waals surface area contributed by atoms with Gasteiger partial charge in [-0.15, -0.1) is 0 Å². The van der Waals surface area contributed by atoms with Crippen molar-refractivity contribution in [3.05, 3.63) is 102 Å². The molecule has 0 saturated heterocycles. The second-order valence-corrected chi connectivity index (χ2v) is 35.5. The molecule has 0 aliphatic heterocycles. The van der Waals surface area contributed by atoms with Crippen LogP contribution in [0.4, 0.5) is 0 Å². The highest BCUT2D eigenvalue weighted by Crippen LogP contribution is 2.16. The lowest BCUT2D eigenvalue weighted by atomic mass is 10.0. The second kappa shape index (κ2) is 67.3. The third kappa shape index (κ3) is 52.3. The summed E-state index contributed by atoms with van der Waals surface area (Å²) in [4.78, 5) is 319. The molecule has 0 radical (unpaired) electrons. The lowest BCUT2D eigenvalue weighted by Gasteiger charge is -2.27. The van der Waals surface area contributed by atoms with Gasteiger partial charge in [-0.3, -0.25) is 126 Å². The fraction of sp³-hybridized carbons (Fsp3) is 0.516. The van der Waals surface area contributed by atoms with Crippen LogP contribution in [0, 0.1) is 16.7 Å². The fourth-order valence-electron chi connectivity index (χ4n) is 13.5. The number of aliphatic hydroxyl groups is 1. The molecule has 820 valence electrons.